The summed E-state index contributed by atoms with van der Waals surface area (Å²) in [6.07, 6.45) is 0. The van der Waals surface area contributed by atoms with Crippen molar-refractivity contribution in [3.05, 3.63) is 351 Å². The molecule has 138 heavy (non-hydrogen) atoms. The minimum Gasteiger partial charge on any atom is -0.456 e. The van der Waals surface area contributed by atoms with Crippen molar-refractivity contribution in [2.24, 2.45) is 35.2 Å². The second-order valence-electron chi connectivity index (χ2n) is 37.2. The fourth-order valence-corrected chi connectivity index (χ4v) is 18.8. The van der Waals surface area contributed by atoms with Gasteiger partial charge in [0.2, 0.25) is 28.5 Å². The van der Waals surface area contributed by atoms with Crippen LogP contribution in [0, 0.1) is 143 Å². The van der Waals surface area contributed by atoms with Gasteiger partial charge in [0, 0.05) is 167 Å². The Balaban J connectivity index is 0.000000136. The molecule has 0 amide bonds. The van der Waals surface area contributed by atoms with Crippen molar-refractivity contribution in [3.63, 3.8) is 0 Å². The topological polar surface area (TPSA) is 107 Å². The summed E-state index contributed by atoms with van der Waals surface area (Å²) < 4.78 is 165. The molecule has 10 aromatic heterocycles. The number of fused-ring (bicyclic) bond motifs is 15. The number of pyridine rings is 5. The lowest BCUT2D eigenvalue weighted by Crippen LogP contribution is -2.35. The molecule has 0 fully saturated rings. The van der Waals surface area contributed by atoms with E-state index in [0.717, 1.165) is 167 Å². The van der Waals surface area contributed by atoms with Gasteiger partial charge in [-0.25, -0.2) is 24.2 Å². The lowest BCUT2D eigenvalue weighted by Gasteiger charge is -2.12. The molecule has 0 aliphatic carbocycles. The van der Waals surface area contributed by atoms with Gasteiger partial charge in [-0.1, -0.05) is 152 Å². The quantitative estimate of drug-likeness (QED) is 0.106. The molecule has 0 spiro atoms. The van der Waals surface area contributed by atoms with Crippen molar-refractivity contribution < 1.29 is 65.5 Å². The van der Waals surface area contributed by atoms with Crippen LogP contribution in [-0.2, 0) is 35.2 Å². The van der Waals surface area contributed by atoms with Crippen LogP contribution in [0.4, 0.5) is 28.4 Å². The fourth-order valence-electron chi connectivity index (χ4n) is 18.8. The normalized spacial score (nSPS) is 13.6. The molecule has 10 aromatic carbocycles. The van der Waals surface area contributed by atoms with Crippen LogP contribution in [0.2, 0.25) is 0 Å². The van der Waals surface area contributed by atoms with Crippen LogP contribution in [0.5, 0.6) is 0 Å². The van der Waals surface area contributed by atoms with Gasteiger partial charge in [-0.15, -0.1) is 0 Å². The third kappa shape index (κ3) is 17.1. The highest BCUT2D eigenvalue weighted by Crippen LogP contribution is 2.48. The van der Waals surface area contributed by atoms with Crippen molar-refractivity contribution in [1.29, 1.82) is 0 Å². The molecule has 0 atom stereocenters. The maximum Gasteiger partial charge on any atom is 0.216 e. The molecule has 0 saturated carbocycles. The van der Waals surface area contributed by atoms with Gasteiger partial charge < -0.3 is 22.1 Å². The van der Waals surface area contributed by atoms with Crippen LogP contribution >= 0.6 is 0 Å². The molecule has 688 valence electrons. The highest BCUT2D eigenvalue weighted by atomic mass is 16.3. The molecule has 20 aromatic rings. The number of hydrogen-bond donors (Lipinski definition) is 0. The second-order valence-corrected chi connectivity index (χ2v) is 37.2. The first-order valence-corrected chi connectivity index (χ1v) is 45.7. The molecule has 0 N–H and O–H groups in total. The lowest BCUT2D eigenvalue weighted by molar-refractivity contribution is -0.666. The maximum absolute atomic E-state index is 8.72. The zero-order valence-electron chi connectivity index (χ0n) is 98.2. The lowest BCUT2D eigenvalue weighted by atomic mass is 9.94. The van der Waals surface area contributed by atoms with Crippen LogP contribution in [0.15, 0.2) is 204 Å². The SMILES string of the molecule is [2H]C(C)(C)c1cc(C)[n+](C)c(-c2c(C)ccc3c2oc2c(C)c([N+]#[C-])ccc23)c1.[2H]C(C)(C)c1cc(C)[n+](C)c(-c2c(C)ccc3c2oc2cc([N+]#[C-])c(C)cc23)c1.[2H]C([2H])([2H])c1cc(C)c(-c2cc(C([2H])(C)C)cc(C)[n+]2C)c2oc3cc([N+]#[C-])ccc3c12.[2H]C([2H])([2H])c1cc([N+]#[C-])cc2oc3c(-c4cc(C([2H])(C)C)cc(C)[n+]4C)c(C)ccc3c12.[2H]c1c(C)c([2H])c(-c2c(C)cc(C([2H])([2H])[2H])c3c2oc2cc([N+]#[C-])ccc23)[n+](C)c1C. The largest absolute Gasteiger partial charge is 0.456 e. The molecule has 0 radical (unpaired) electrons. The van der Waals surface area contributed by atoms with E-state index in [1.165, 1.54) is 6.07 Å². The minimum absolute atomic E-state index is 0.121. The summed E-state index contributed by atoms with van der Waals surface area (Å²) in [6.45, 7) is 70.2. The second kappa shape index (κ2) is 37.6. The summed E-state index contributed by atoms with van der Waals surface area (Å²) in [5.74, 6) is -2.95. The Morgan fingerprint density at radius 2 is 0.609 bits per heavy atom. The van der Waals surface area contributed by atoms with Gasteiger partial charge in [-0.3, -0.25) is 0 Å². The number of nitrogens with zero attached hydrogens (tertiary/aromatic N) is 10. The predicted octanol–water partition coefficient (Wildman–Crippen LogP) is 32.6. The molecule has 0 saturated heterocycles. The number of hydrogen-bond acceptors (Lipinski definition) is 5. The Hall–Kier alpha value is -15.6. The van der Waals surface area contributed by atoms with E-state index in [1.54, 1.807) is 80.1 Å². The van der Waals surface area contributed by atoms with E-state index >= 15 is 0 Å². The smallest absolute Gasteiger partial charge is 0.216 e. The Bertz CT molecular complexity index is 9440. The van der Waals surface area contributed by atoms with E-state index in [-0.39, 0.29) is 28.4 Å². The molecule has 0 unspecified atom stereocenters. The number of furan rings is 5. The van der Waals surface area contributed by atoms with Crippen LogP contribution in [-0.4, -0.2) is 0 Å². The Morgan fingerprint density at radius 3 is 1.03 bits per heavy atom. The summed E-state index contributed by atoms with van der Waals surface area (Å²) in [7, 11) is 9.82. The molecule has 20 rings (SSSR count). The van der Waals surface area contributed by atoms with Gasteiger partial charge in [-0.2, -0.15) is 22.8 Å². The number of benzene rings is 10. The van der Waals surface area contributed by atoms with E-state index in [0.29, 0.717) is 123 Å². The van der Waals surface area contributed by atoms with Crippen LogP contribution in [0.1, 0.15) is 211 Å². The first-order chi connectivity index (χ1) is 71.4. The van der Waals surface area contributed by atoms with E-state index in [4.69, 9.17) is 75.5 Å². The Morgan fingerprint density at radius 1 is 0.268 bits per heavy atom. The molecular formula is C123H121N10O5+5. The van der Waals surface area contributed by atoms with Crippen molar-refractivity contribution in [3.8, 4) is 56.3 Å². The van der Waals surface area contributed by atoms with Crippen molar-refractivity contribution >= 4 is 138 Å². The molecule has 0 bridgehead atoms. The van der Waals surface area contributed by atoms with E-state index < -0.39 is 44.1 Å². The molecule has 10 heterocycles. The fraction of sp³-hybridized carbons (Fsp3) is 0.268. The Labute approximate surface area is 831 Å². The van der Waals surface area contributed by atoms with Gasteiger partial charge in [0.15, 0.2) is 56.9 Å². The highest BCUT2D eigenvalue weighted by Gasteiger charge is 2.32. The Kier molecular flexibility index (Phi) is 21.2. The zero-order chi connectivity index (χ0) is 112. The van der Waals surface area contributed by atoms with Crippen molar-refractivity contribution in [2.45, 2.75) is 190 Å². The van der Waals surface area contributed by atoms with Crippen molar-refractivity contribution in [2.75, 3.05) is 0 Å². The van der Waals surface area contributed by atoms with Crippen LogP contribution in [0.3, 0.4) is 0 Å². The van der Waals surface area contributed by atoms with Crippen molar-refractivity contribution in [1.82, 2.24) is 0 Å². The molecule has 15 nitrogen and oxygen atoms in total. The summed E-state index contributed by atoms with van der Waals surface area (Å²) in [5, 5.41) is 7.70. The standard InChI is InChI=1S/4C25H25N2O.C23H21N2O/c1-14(2)18-11-17(5)27(7)21(12-18)24-16(4)10-15(3)23-20-9-8-19(26-6)13-22(20)28-25(23)24;1-14(2)18-11-17(5)27(7)21(12-18)24-15(3)8-9-20-23-16(4)10-19(26-6)13-22(23)28-25(20)24;1-14(2)18-11-17(5)27(7)22(12-18)24-15(3)8-9-19-20-10-16(4)21(26-6)13-23(20)28-25(19)24;1-14(2)18-12-16(4)27(7)22(13-18)23-15(3)8-9-20-19-10-11-21(26-6)17(5)24(19)28-25(20)23;1-13-9-16(4)25(6)19(10-13)22-15(3)11-14(2)21-18-8-7-17(24-5)12-20(18)26-23(21)22/h4*8-14H,1-5,7H3;7-12H,1-4,6H3/q5*+1/i3D3,14D;4D3,14D;2*14D;2D3,9D,10D. The first kappa shape index (κ1) is 77.7. The van der Waals surface area contributed by atoms with Gasteiger partial charge in [0.05, 0.1) is 63.4 Å². The summed E-state index contributed by atoms with van der Waals surface area (Å²) >= 11 is 0. The monoisotopic (exact) mass is 1830 g/mol. The molecule has 15 heteroatoms. The van der Waals surface area contributed by atoms with Gasteiger partial charge in [0.25, 0.3) is 0 Å². The minimum atomic E-state index is -2.38. The average Bonchev–Trinajstić information content (AvgIpc) is 1.62. The number of aromatic nitrogens is 5. The molecular weight excluding hydrogens is 1700 g/mol. The predicted molar refractivity (Wildman–Crippen MR) is 565 cm³/mol. The van der Waals surface area contributed by atoms with Crippen LogP contribution < -0.4 is 22.8 Å². The number of rotatable bonds is 9. The zero-order valence-corrected chi connectivity index (χ0v) is 83.2. The molecule has 0 aliphatic heterocycles. The summed E-state index contributed by atoms with van der Waals surface area (Å²) in [5.41, 5.74) is 33.1. The first-order valence-electron chi connectivity index (χ1n) is 53.2. The summed E-state index contributed by atoms with van der Waals surface area (Å²) in [4.78, 5) is 17.6. The van der Waals surface area contributed by atoms with Crippen LogP contribution in [0.25, 0.3) is 190 Å². The van der Waals surface area contributed by atoms with Gasteiger partial charge >= 0.3 is 0 Å². The van der Waals surface area contributed by atoms with E-state index in [1.807, 2.05) is 190 Å². The maximum atomic E-state index is 8.72. The third-order valence-corrected chi connectivity index (χ3v) is 27.1. The van der Waals surface area contributed by atoms with E-state index in [9.17, 15) is 0 Å². The average molecular weight is 1830 g/mol. The highest BCUT2D eigenvalue weighted by molar-refractivity contribution is 6.16. The third-order valence-electron chi connectivity index (χ3n) is 27.1. The van der Waals surface area contributed by atoms with Gasteiger partial charge in [0.1, 0.15) is 91.1 Å². The number of aryl methyl sites for hydroxylation is 14. The van der Waals surface area contributed by atoms with Gasteiger partial charge in [-0.05, 0) is 207 Å². The molecule has 0 aliphatic rings. The van der Waals surface area contributed by atoms with E-state index in [2.05, 4.69) is 121 Å². The summed E-state index contributed by atoms with van der Waals surface area (Å²) in [6, 6.07) is 53.4.